The molecule has 0 heterocycles. The average Bonchev–Trinajstić information content (AvgIpc) is 2.59. The van der Waals surface area contributed by atoms with Gasteiger partial charge < -0.3 is 14.6 Å². The van der Waals surface area contributed by atoms with Gasteiger partial charge in [-0.2, -0.15) is 0 Å². The Kier molecular flexibility index (Phi) is 307. The predicted octanol–water partition coefficient (Wildman–Crippen LogP) is 4.68. The van der Waals surface area contributed by atoms with Gasteiger partial charge >= 0.3 is 0 Å². The molecule has 0 aliphatic rings. The Balaban J connectivity index is -0.0000000238. The van der Waals surface area contributed by atoms with Crippen molar-refractivity contribution in [2.45, 2.75) is 6.10 Å². The second-order valence-corrected chi connectivity index (χ2v) is 1.56. The van der Waals surface area contributed by atoms with E-state index >= 15 is 0 Å². The molecule has 134 valence electrons. The minimum absolute atomic E-state index is 0.341. The van der Waals surface area contributed by atoms with E-state index in [4.69, 9.17) is 60.0 Å². The van der Waals surface area contributed by atoms with E-state index in [1.165, 1.54) is 0 Å². The minimum Gasteiger partial charge on any atom is -0.388 e. The first kappa shape index (κ1) is 42.7. The lowest BCUT2D eigenvalue weighted by molar-refractivity contribution is 0.00980. The highest BCUT2D eigenvalue weighted by Crippen LogP contribution is 1.82. The largest absolute Gasteiger partial charge is 0.388 e. The molecule has 0 amide bonds. The minimum atomic E-state index is -0.481. The Bertz CT molecular complexity index is 60.4. The number of hydrogen-bond donors (Lipinski definition) is 1. The summed E-state index contributed by atoms with van der Waals surface area (Å²) in [5, 5.41) is 8.80. The molecular formula is C5H12F12O3. The normalized spacial score (nSPS) is 6.00. The maximum Gasteiger partial charge on any atom is 0.101 e. The van der Waals surface area contributed by atoms with Crippen LogP contribution in [0.15, 0.2) is 0 Å². The maximum absolute atomic E-state index is 8.80. The number of halogens is 12. The third-order valence-corrected chi connectivity index (χ3v) is 0.718. The van der Waals surface area contributed by atoms with Crippen molar-refractivity contribution in [3.05, 3.63) is 0 Å². The fourth-order valence-corrected chi connectivity index (χ4v) is 0.433. The number of hydrogen-bond acceptors (Lipinski definition) is 3. The van der Waals surface area contributed by atoms with E-state index in [0.717, 1.165) is 0 Å². The molecule has 20 heavy (non-hydrogen) atoms. The van der Waals surface area contributed by atoms with Crippen LogP contribution in [-0.4, -0.2) is 38.6 Å². The number of ether oxygens (including phenoxy) is 2. The van der Waals surface area contributed by atoms with Gasteiger partial charge in [0.1, 0.15) is 6.10 Å². The third-order valence-electron chi connectivity index (χ3n) is 0.718. The molecule has 0 rings (SSSR count). The number of aliphatic hydroxyl groups is 1. The second-order valence-electron chi connectivity index (χ2n) is 1.56. The Morgan fingerprint density at radius 3 is 0.850 bits per heavy atom. The van der Waals surface area contributed by atoms with E-state index in [1.807, 2.05) is 0 Å². The van der Waals surface area contributed by atoms with Crippen LogP contribution in [0.1, 0.15) is 0 Å². The molecule has 15 heteroatoms. The summed E-state index contributed by atoms with van der Waals surface area (Å²) in [4.78, 5) is 0. The Labute approximate surface area is 104 Å². The zero-order chi connectivity index (χ0) is 18.4. The Morgan fingerprint density at radius 1 is 0.600 bits per heavy atom. The zero-order valence-electron chi connectivity index (χ0n) is 9.79. The molecule has 0 saturated carbocycles. The molecular weight excluding hydrogens is 336 g/mol. The topological polar surface area (TPSA) is 38.7 Å². The first-order valence-corrected chi connectivity index (χ1v) is 3.33. The van der Waals surface area contributed by atoms with Gasteiger partial charge in [0.25, 0.3) is 0 Å². The van der Waals surface area contributed by atoms with Crippen molar-refractivity contribution in [2.24, 2.45) is 0 Å². The van der Waals surface area contributed by atoms with Gasteiger partial charge in [-0.25, -0.2) is 0 Å². The van der Waals surface area contributed by atoms with Gasteiger partial charge in [0.15, 0.2) is 0 Å². The average molecular weight is 348 g/mol. The quantitative estimate of drug-likeness (QED) is 0.750. The second kappa shape index (κ2) is 144. The van der Waals surface area contributed by atoms with Gasteiger partial charge in [0, 0.05) is 69.1 Å². The van der Waals surface area contributed by atoms with Crippen molar-refractivity contribution in [3.63, 3.8) is 0 Å². The van der Waals surface area contributed by atoms with Crippen LogP contribution in [0, 0.1) is 0 Å². The van der Waals surface area contributed by atoms with Gasteiger partial charge in [0.05, 0.1) is 13.2 Å². The standard InChI is InChI=1S/C5H12O3.6F2/c1-7-3-5(6)4-8-2;6*1-2/h5-6H,3-4H2,1-2H3;;;;;;. The maximum atomic E-state index is 8.80. The molecule has 0 fully saturated rings. The highest BCUT2D eigenvalue weighted by Gasteiger charge is 1.99. The monoisotopic (exact) mass is 348 g/mol. The van der Waals surface area contributed by atoms with Crippen LogP contribution in [0.25, 0.3) is 0 Å². The van der Waals surface area contributed by atoms with Crippen molar-refractivity contribution in [1.29, 1.82) is 0 Å². The highest BCUT2D eigenvalue weighted by atomic mass is 20.0. The molecule has 0 atom stereocenters. The summed E-state index contributed by atoms with van der Waals surface area (Å²) in [5.74, 6) is 0. The number of methoxy groups -OCH3 is 2. The van der Waals surface area contributed by atoms with E-state index in [2.05, 4.69) is 9.47 Å². The molecule has 0 saturated heterocycles. The molecule has 0 bridgehead atoms. The molecule has 0 aromatic heterocycles. The van der Waals surface area contributed by atoms with E-state index in [9.17, 15) is 0 Å². The molecule has 0 spiro atoms. The summed E-state index contributed by atoms with van der Waals surface area (Å²) in [7, 11) is 3.08. The lowest BCUT2D eigenvalue weighted by atomic mass is 10.4. The van der Waals surface area contributed by atoms with Crippen molar-refractivity contribution in [3.8, 4) is 0 Å². The predicted molar refractivity (Wildman–Crippen MR) is 43.1 cm³/mol. The van der Waals surface area contributed by atoms with Crippen LogP contribution < -0.4 is 0 Å². The first-order valence-electron chi connectivity index (χ1n) is 3.33. The molecule has 0 aliphatic heterocycles. The molecule has 0 aliphatic carbocycles. The van der Waals surface area contributed by atoms with Crippen LogP contribution in [-0.2, 0) is 9.47 Å². The third kappa shape index (κ3) is 173. The summed E-state index contributed by atoms with van der Waals surface area (Å²) in [6, 6.07) is 0. The van der Waals surface area contributed by atoms with Crippen LogP contribution in [0.5, 0.6) is 0 Å². The molecule has 0 aromatic carbocycles. The molecule has 3 nitrogen and oxygen atoms in total. The summed E-state index contributed by atoms with van der Waals surface area (Å²) in [6.07, 6.45) is -0.481. The lowest BCUT2D eigenvalue weighted by Crippen LogP contribution is -2.19. The van der Waals surface area contributed by atoms with E-state index < -0.39 is 6.10 Å². The molecule has 0 aromatic rings. The summed E-state index contributed by atoms with van der Waals surface area (Å²) in [6.45, 7) is 0.682. The van der Waals surface area contributed by atoms with Crippen LogP contribution in [0.2, 0.25) is 0 Å². The van der Waals surface area contributed by atoms with Crippen molar-refractivity contribution < 1.29 is 69.5 Å². The number of aliphatic hydroxyl groups excluding tert-OH is 1. The summed E-state index contributed by atoms with van der Waals surface area (Å²) in [5.41, 5.74) is 0. The van der Waals surface area contributed by atoms with E-state index in [1.54, 1.807) is 14.2 Å². The van der Waals surface area contributed by atoms with Gasteiger partial charge in [-0.15, -0.1) is 0 Å². The smallest absolute Gasteiger partial charge is 0.101 e. The molecule has 1 N–H and O–H groups in total. The van der Waals surface area contributed by atoms with Crippen LogP contribution in [0.3, 0.4) is 0 Å². The Morgan fingerprint density at radius 2 is 0.750 bits per heavy atom. The van der Waals surface area contributed by atoms with Gasteiger partial charge in [-0.1, -0.05) is 0 Å². The zero-order valence-corrected chi connectivity index (χ0v) is 9.79. The number of rotatable bonds is 4. The fraction of sp³-hybridized carbons (Fsp3) is 1.00. The Hall–Kier alpha value is -0.960. The first-order chi connectivity index (χ1) is 9.81. The van der Waals surface area contributed by atoms with Gasteiger partial charge in [0.2, 0.25) is 0 Å². The fourth-order valence-electron chi connectivity index (χ4n) is 0.433. The van der Waals surface area contributed by atoms with Crippen LogP contribution >= 0.6 is 0 Å². The summed E-state index contributed by atoms with van der Waals surface area (Å²) >= 11 is 0. The van der Waals surface area contributed by atoms with Crippen LogP contribution in [0.4, 0.5) is 54.9 Å². The highest BCUT2D eigenvalue weighted by molar-refractivity contribution is 4.48. The van der Waals surface area contributed by atoms with E-state index in [-0.39, 0.29) is 0 Å². The lowest BCUT2D eigenvalue weighted by Gasteiger charge is -2.05. The van der Waals surface area contributed by atoms with Gasteiger partial charge in [-0.05, 0) is 0 Å². The SMILES string of the molecule is COCC(O)COC.FF.FF.FF.FF.FF.FF. The van der Waals surface area contributed by atoms with Crippen molar-refractivity contribution >= 4 is 0 Å². The molecule has 0 radical (unpaired) electrons. The van der Waals surface area contributed by atoms with Gasteiger partial charge in [-0.3, -0.25) is 0 Å². The molecule has 0 unspecified atom stereocenters. The van der Waals surface area contributed by atoms with Crippen molar-refractivity contribution in [1.82, 2.24) is 0 Å². The summed E-state index contributed by atoms with van der Waals surface area (Å²) < 4.78 is 105. The van der Waals surface area contributed by atoms with Crippen molar-refractivity contribution in [2.75, 3.05) is 27.4 Å². The van der Waals surface area contributed by atoms with E-state index in [0.29, 0.717) is 13.2 Å².